The second-order valence-corrected chi connectivity index (χ2v) is 4.78. The van der Waals surface area contributed by atoms with Crippen LogP contribution in [0.1, 0.15) is 23.6 Å². The van der Waals surface area contributed by atoms with Gasteiger partial charge in [0.05, 0.1) is 0 Å². The minimum Gasteiger partial charge on any atom is -0.478 e. The number of thiophene rings is 1. The highest BCUT2D eigenvalue weighted by molar-refractivity contribution is 7.13. The van der Waals surface area contributed by atoms with Crippen molar-refractivity contribution in [1.82, 2.24) is 0 Å². The number of carbonyl (C=O) groups is 1. The van der Waals surface area contributed by atoms with E-state index in [1.54, 1.807) is 18.3 Å². The number of carboxylic acids is 1. The van der Waals surface area contributed by atoms with E-state index in [1.807, 2.05) is 19.1 Å². The third kappa shape index (κ3) is 3.85. The van der Waals surface area contributed by atoms with E-state index < -0.39 is 5.97 Å². The summed E-state index contributed by atoms with van der Waals surface area (Å²) in [6, 6.07) is 4.08. The van der Waals surface area contributed by atoms with Crippen molar-refractivity contribution in [3.8, 4) is 0 Å². The second-order valence-electron chi connectivity index (χ2n) is 3.61. The standard InChI is InChI=1S/C11H15NO2S/c1-7(5-11(13)14)10-4-3-9(15-10)6-8(2)12/h3-5,8H,6,12H2,1-2H3,(H,13,14)/b7-5+/t8-/m1/s1. The lowest BCUT2D eigenvalue weighted by Crippen LogP contribution is -2.16. The Bertz CT molecular complexity index is 380. The number of carboxylic acid groups (broad SMARTS) is 1. The van der Waals surface area contributed by atoms with E-state index >= 15 is 0 Å². The Morgan fingerprint density at radius 2 is 2.33 bits per heavy atom. The topological polar surface area (TPSA) is 63.3 Å². The van der Waals surface area contributed by atoms with Crippen molar-refractivity contribution in [3.05, 3.63) is 28.0 Å². The summed E-state index contributed by atoms with van der Waals surface area (Å²) >= 11 is 1.60. The maximum atomic E-state index is 10.5. The van der Waals surface area contributed by atoms with Gasteiger partial charge in [-0.05, 0) is 38.0 Å². The number of aliphatic carboxylic acids is 1. The van der Waals surface area contributed by atoms with E-state index in [1.165, 1.54) is 11.0 Å². The minimum atomic E-state index is -0.908. The Hall–Kier alpha value is -1.13. The number of allylic oxidation sites excluding steroid dienone is 1. The molecule has 0 unspecified atom stereocenters. The van der Waals surface area contributed by atoms with Gasteiger partial charge in [-0.25, -0.2) is 4.79 Å². The van der Waals surface area contributed by atoms with Crippen LogP contribution in [0.5, 0.6) is 0 Å². The summed E-state index contributed by atoms with van der Waals surface area (Å²) in [6.45, 7) is 3.76. The van der Waals surface area contributed by atoms with Gasteiger partial charge >= 0.3 is 5.97 Å². The number of hydrogen-bond acceptors (Lipinski definition) is 3. The smallest absolute Gasteiger partial charge is 0.328 e. The average Bonchev–Trinajstić information content (AvgIpc) is 2.50. The van der Waals surface area contributed by atoms with E-state index in [-0.39, 0.29) is 6.04 Å². The second kappa shape index (κ2) is 5.09. The molecule has 1 aromatic heterocycles. The maximum Gasteiger partial charge on any atom is 0.328 e. The lowest BCUT2D eigenvalue weighted by Gasteiger charge is -2.00. The van der Waals surface area contributed by atoms with Gasteiger partial charge in [0.1, 0.15) is 0 Å². The predicted molar refractivity (Wildman–Crippen MR) is 63.0 cm³/mol. The maximum absolute atomic E-state index is 10.5. The van der Waals surface area contributed by atoms with E-state index in [2.05, 4.69) is 0 Å². The molecule has 82 valence electrons. The van der Waals surface area contributed by atoms with Gasteiger partial charge in [0.25, 0.3) is 0 Å². The van der Waals surface area contributed by atoms with Gasteiger partial charge in [-0.3, -0.25) is 0 Å². The third-order valence-electron chi connectivity index (χ3n) is 1.91. The van der Waals surface area contributed by atoms with Crippen molar-refractivity contribution in [3.63, 3.8) is 0 Å². The first-order chi connectivity index (χ1) is 6.99. The molecular weight excluding hydrogens is 210 g/mol. The molecule has 0 spiro atoms. The molecule has 0 aliphatic rings. The zero-order valence-corrected chi connectivity index (χ0v) is 9.67. The molecule has 0 saturated carbocycles. The van der Waals surface area contributed by atoms with Gasteiger partial charge in [-0.2, -0.15) is 0 Å². The van der Waals surface area contributed by atoms with E-state index in [9.17, 15) is 4.79 Å². The fraction of sp³-hybridized carbons (Fsp3) is 0.364. The molecule has 3 nitrogen and oxygen atoms in total. The molecule has 0 fully saturated rings. The lowest BCUT2D eigenvalue weighted by atomic mass is 10.2. The Kier molecular flexibility index (Phi) is 4.05. The van der Waals surface area contributed by atoms with Crippen LogP contribution < -0.4 is 5.73 Å². The van der Waals surface area contributed by atoms with Crippen molar-refractivity contribution in [1.29, 1.82) is 0 Å². The van der Waals surface area contributed by atoms with Gasteiger partial charge in [0.15, 0.2) is 0 Å². The molecule has 1 rings (SSSR count). The van der Waals surface area contributed by atoms with Crippen LogP contribution in [0.4, 0.5) is 0 Å². The van der Waals surface area contributed by atoms with Crippen molar-refractivity contribution in [2.45, 2.75) is 26.3 Å². The highest BCUT2D eigenvalue weighted by atomic mass is 32.1. The lowest BCUT2D eigenvalue weighted by molar-refractivity contribution is -0.131. The minimum absolute atomic E-state index is 0.139. The van der Waals surface area contributed by atoms with Crippen LogP contribution >= 0.6 is 11.3 Å². The zero-order valence-electron chi connectivity index (χ0n) is 8.86. The molecule has 15 heavy (non-hydrogen) atoms. The summed E-state index contributed by atoms with van der Waals surface area (Å²) in [7, 11) is 0. The average molecular weight is 225 g/mol. The molecule has 0 aliphatic carbocycles. The summed E-state index contributed by atoms with van der Waals surface area (Å²) in [5, 5.41) is 8.61. The predicted octanol–water partition coefficient (Wildman–Crippen LogP) is 2.13. The van der Waals surface area contributed by atoms with Crippen LogP contribution in [0.2, 0.25) is 0 Å². The number of nitrogens with two attached hydrogens (primary N) is 1. The van der Waals surface area contributed by atoms with Crippen molar-refractivity contribution >= 4 is 22.9 Å². The molecule has 0 aliphatic heterocycles. The zero-order chi connectivity index (χ0) is 11.4. The van der Waals surface area contributed by atoms with E-state index in [0.717, 1.165) is 16.9 Å². The molecule has 0 bridgehead atoms. The fourth-order valence-electron chi connectivity index (χ4n) is 1.27. The monoisotopic (exact) mass is 225 g/mol. The van der Waals surface area contributed by atoms with Crippen molar-refractivity contribution in [2.24, 2.45) is 5.73 Å². The molecule has 0 radical (unpaired) electrons. The quantitative estimate of drug-likeness (QED) is 0.771. The highest BCUT2D eigenvalue weighted by Gasteiger charge is 2.05. The highest BCUT2D eigenvalue weighted by Crippen LogP contribution is 2.24. The molecule has 0 saturated heterocycles. The van der Waals surface area contributed by atoms with Gasteiger partial charge in [-0.1, -0.05) is 0 Å². The molecule has 1 aromatic rings. The van der Waals surface area contributed by atoms with E-state index in [4.69, 9.17) is 10.8 Å². The molecule has 1 atom stereocenters. The Labute approximate surface area is 93.2 Å². The summed E-state index contributed by atoms with van der Waals surface area (Å²) in [6.07, 6.45) is 2.06. The Morgan fingerprint density at radius 3 is 2.87 bits per heavy atom. The normalized spacial score (nSPS) is 13.9. The van der Waals surface area contributed by atoms with Crippen LogP contribution in [0.15, 0.2) is 18.2 Å². The van der Waals surface area contributed by atoms with Gasteiger partial charge in [-0.15, -0.1) is 11.3 Å². The summed E-state index contributed by atoms with van der Waals surface area (Å²) in [5.41, 5.74) is 6.47. The van der Waals surface area contributed by atoms with Crippen LogP contribution in [-0.2, 0) is 11.2 Å². The third-order valence-corrected chi connectivity index (χ3v) is 3.16. The van der Waals surface area contributed by atoms with Crippen molar-refractivity contribution in [2.75, 3.05) is 0 Å². The van der Waals surface area contributed by atoms with Crippen LogP contribution in [0.25, 0.3) is 5.57 Å². The number of rotatable bonds is 4. The SMILES string of the molecule is C/C(=C\C(=O)O)c1ccc(C[C@@H](C)N)s1. The van der Waals surface area contributed by atoms with Crippen LogP contribution in [-0.4, -0.2) is 17.1 Å². The van der Waals surface area contributed by atoms with Crippen LogP contribution in [0.3, 0.4) is 0 Å². The molecule has 0 aromatic carbocycles. The number of hydrogen-bond donors (Lipinski definition) is 2. The Balaban J connectivity index is 2.80. The van der Waals surface area contributed by atoms with Crippen LogP contribution in [0, 0.1) is 0 Å². The molecule has 3 N–H and O–H groups in total. The van der Waals surface area contributed by atoms with Crippen molar-refractivity contribution < 1.29 is 9.90 Å². The first kappa shape index (κ1) is 11.9. The van der Waals surface area contributed by atoms with Gasteiger partial charge < -0.3 is 10.8 Å². The summed E-state index contributed by atoms with van der Waals surface area (Å²) in [4.78, 5) is 12.7. The summed E-state index contributed by atoms with van der Waals surface area (Å²) in [5.74, 6) is -0.908. The van der Waals surface area contributed by atoms with Gasteiger partial charge in [0.2, 0.25) is 0 Å². The summed E-state index contributed by atoms with van der Waals surface area (Å²) < 4.78 is 0. The first-order valence-corrected chi connectivity index (χ1v) is 5.56. The largest absolute Gasteiger partial charge is 0.478 e. The first-order valence-electron chi connectivity index (χ1n) is 4.75. The van der Waals surface area contributed by atoms with E-state index in [0.29, 0.717) is 0 Å². The Morgan fingerprint density at radius 1 is 1.67 bits per heavy atom. The fourth-order valence-corrected chi connectivity index (χ4v) is 2.39. The molecular formula is C11H15NO2S. The molecule has 4 heteroatoms. The van der Waals surface area contributed by atoms with Gasteiger partial charge in [0, 0.05) is 21.9 Å². The molecule has 1 heterocycles. The molecule has 0 amide bonds.